The fourth-order valence-corrected chi connectivity index (χ4v) is 6.80. The second kappa shape index (κ2) is 7.71. The van der Waals surface area contributed by atoms with Gasteiger partial charge in [0.25, 0.3) is 0 Å². The Labute approximate surface area is 172 Å². The van der Waals surface area contributed by atoms with Gasteiger partial charge in [-0.25, -0.2) is 16.8 Å². The SMILES string of the molecule is COc1ccc(S(=O)(=O)N2CCN(S(=O)(=O)c3ccc4c(c3)CCC4)CC2)cc1. The maximum atomic E-state index is 13.0. The molecule has 0 radical (unpaired) electrons. The number of hydrogen-bond acceptors (Lipinski definition) is 5. The number of ether oxygens (including phenoxy) is 1. The molecule has 1 aliphatic heterocycles. The number of methoxy groups -OCH3 is 1. The largest absolute Gasteiger partial charge is 0.497 e. The van der Waals surface area contributed by atoms with Crippen molar-refractivity contribution in [3.63, 3.8) is 0 Å². The van der Waals surface area contributed by atoms with Gasteiger partial charge in [0.05, 0.1) is 16.9 Å². The molecule has 0 unspecified atom stereocenters. The first-order valence-corrected chi connectivity index (χ1v) is 12.5. The van der Waals surface area contributed by atoms with Crippen molar-refractivity contribution in [2.45, 2.75) is 29.1 Å². The van der Waals surface area contributed by atoms with Crippen LogP contribution in [0.4, 0.5) is 0 Å². The van der Waals surface area contributed by atoms with Gasteiger partial charge in [-0.05, 0) is 66.8 Å². The van der Waals surface area contributed by atoms with Gasteiger partial charge in [0, 0.05) is 26.2 Å². The second-order valence-corrected chi connectivity index (χ2v) is 11.1. The highest BCUT2D eigenvalue weighted by atomic mass is 32.2. The first kappa shape index (κ1) is 20.3. The lowest BCUT2D eigenvalue weighted by Crippen LogP contribution is -2.50. The maximum Gasteiger partial charge on any atom is 0.243 e. The molecule has 2 aromatic rings. The van der Waals surface area contributed by atoms with Crippen molar-refractivity contribution in [2.24, 2.45) is 0 Å². The van der Waals surface area contributed by atoms with Crippen LogP contribution in [0.3, 0.4) is 0 Å². The number of benzene rings is 2. The van der Waals surface area contributed by atoms with Crippen LogP contribution >= 0.6 is 0 Å². The fraction of sp³-hybridized carbons (Fsp3) is 0.400. The summed E-state index contributed by atoms with van der Waals surface area (Å²) in [6, 6.07) is 11.5. The van der Waals surface area contributed by atoms with Crippen LogP contribution in [0, 0.1) is 0 Å². The van der Waals surface area contributed by atoms with Gasteiger partial charge in [-0.15, -0.1) is 0 Å². The number of rotatable bonds is 5. The van der Waals surface area contributed by atoms with Crippen LogP contribution in [0.25, 0.3) is 0 Å². The average molecular weight is 437 g/mol. The van der Waals surface area contributed by atoms with Crippen molar-refractivity contribution in [3.8, 4) is 5.75 Å². The third kappa shape index (κ3) is 3.79. The van der Waals surface area contributed by atoms with Gasteiger partial charge in [0.15, 0.2) is 0 Å². The zero-order valence-corrected chi connectivity index (χ0v) is 17.9. The highest BCUT2D eigenvalue weighted by Crippen LogP contribution is 2.27. The molecule has 7 nitrogen and oxygen atoms in total. The molecule has 156 valence electrons. The van der Waals surface area contributed by atoms with Gasteiger partial charge in [-0.3, -0.25) is 0 Å². The van der Waals surface area contributed by atoms with Crippen LogP contribution in [0.1, 0.15) is 17.5 Å². The van der Waals surface area contributed by atoms with Crippen LogP contribution in [0.15, 0.2) is 52.3 Å². The van der Waals surface area contributed by atoms with E-state index in [-0.39, 0.29) is 31.1 Å². The van der Waals surface area contributed by atoms with Crippen LogP contribution in [-0.2, 0) is 32.9 Å². The lowest BCUT2D eigenvalue weighted by atomic mass is 10.1. The minimum absolute atomic E-state index is 0.124. The number of nitrogens with zero attached hydrogens (tertiary/aromatic N) is 2. The number of piperazine rings is 1. The van der Waals surface area contributed by atoms with Crippen molar-refractivity contribution < 1.29 is 21.6 Å². The molecule has 0 spiro atoms. The van der Waals surface area contributed by atoms with Gasteiger partial charge in [-0.1, -0.05) is 6.07 Å². The van der Waals surface area contributed by atoms with Crippen molar-refractivity contribution in [1.29, 1.82) is 0 Å². The Morgan fingerprint density at radius 2 is 1.24 bits per heavy atom. The van der Waals surface area contributed by atoms with Crippen molar-refractivity contribution in [2.75, 3.05) is 33.3 Å². The topological polar surface area (TPSA) is 84.0 Å². The second-order valence-electron chi connectivity index (χ2n) is 7.27. The number of fused-ring (bicyclic) bond motifs is 1. The fourth-order valence-electron chi connectivity index (χ4n) is 3.90. The smallest absolute Gasteiger partial charge is 0.243 e. The van der Waals surface area contributed by atoms with E-state index in [2.05, 4.69) is 0 Å². The summed E-state index contributed by atoms with van der Waals surface area (Å²) in [7, 11) is -5.79. The summed E-state index contributed by atoms with van der Waals surface area (Å²) in [4.78, 5) is 0.470. The first-order valence-electron chi connectivity index (χ1n) is 9.58. The van der Waals surface area contributed by atoms with E-state index in [1.165, 1.54) is 33.4 Å². The van der Waals surface area contributed by atoms with E-state index < -0.39 is 20.0 Å². The molecule has 2 aliphatic rings. The highest BCUT2D eigenvalue weighted by Gasteiger charge is 2.34. The minimum Gasteiger partial charge on any atom is -0.497 e. The van der Waals surface area contributed by atoms with E-state index >= 15 is 0 Å². The van der Waals surface area contributed by atoms with E-state index in [1.54, 1.807) is 24.3 Å². The Morgan fingerprint density at radius 3 is 1.83 bits per heavy atom. The molecular formula is C20H24N2O5S2. The molecule has 1 fully saturated rings. The van der Waals surface area contributed by atoms with Crippen molar-refractivity contribution in [1.82, 2.24) is 8.61 Å². The van der Waals surface area contributed by atoms with Gasteiger partial charge >= 0.3 is 0 Å². The van der Waals surface area contributed by atoms with E-state index in [4.69, 9.17) is 4.74 Å². The van der Waals surface area contributed by atoms with E-state index in [9.17, 15) is 16.8 Å². The monoisotopic (exact) mass is 436 g/mol. The predicted octanol–water partition coefficient (Wildman–Crippen LogP) is 1.88. The normalized spacial score (nSPS) is 18.5. The molecule has 29 heavy (non-hydrogen) atoms. The Hall–Kier alpha value is -1.94. The molecule has 9 heteroatoms. The minimum atomic E-state index is -3.67. The number of hydrogen-bond donors (Lipinski definition) is 0. The van der Waals surface area contributed by atoms with Crippen LogP contribution < -0.4 is 4.74 Å². The molecule has 4 rings (SSSR count). The molecule has 0 saturated carbocycles. The lowest BCUT2D eigenvalue weighted by Gasteiger charge is -2.33. The summed E-state index contributed by atoms with van der Waals surface area (Å²) in [6.45, 7) is 0.515. The Bertz CT molecular complexity index is 1100. The Morgan fingerprint density at radius 1 is 0.724 bits per heavy atom. The standard InChI is InChI=1S/C20H24N2O5S2/c1-27-18-6-9-19(10-7-18)28(23,24)21-11-13-22(14-12-21)29(25,26)20-8-5-16-3-2-4-17(16)15-20/h5-10,15H,2-4,11-14H2,1H3. The Balaban J connectivity index is 1.48. The van der Waals surface area contributed by atoms with Gasteiger partial charge in [0.2, 0.25) is 20.0 Å². The summed E-state index contributed by atoms with van der Waals surface area (Å²) in [5.41, 5.74) is 2.33. The third-order valence-corrected chi connectivity index (χ3v) is 9.41. The molecule has 0 bridgehead atoms. The quantitative estimate of drug-likeness (QED) is 0.715. The summed E-state index contributed by atoms with van der Waals surface area (Å²) in [6.07, 6.45) is 2.96. The lowest BCUT2D eigenvalue weighted by molar-refractivity contribution is 0.273. The van der Waals surface area contributed by atoms with E-state index in [0.717, 1.165) is 24.8 Å². The number of sulfonamides is 2. The molecule has 0 atom stereocenters. The zero-order chi connectivity index (χ0) is 20.6. The highest BCUT2D eigenvalue weighted by molar-refractivity contribution is 7.89. The Kier molecular flexibility index (Phi) is 5.41. The first-order chi connectivity index (χ1) is 13.8. The van der Waals surface area contributed by atoms with Crippen LogP contribution in [-0.4, -0.2) is 58.7 Å². The summed E-state index contributed by atoms with van der Waals surface area (Å²) >= 11 is 0. The summed E-state index contributed by atoms with van der Waals surface area (Å²) < 4.78 is 59.6. The van der Waals surface area contributed by atoms with Crippen molar-refractivity contribution in [3.05, 3.63) is 53.6 Å². The molecule has 2 aromatic carbocycles. The predicted molar refractivity (Wildman–Crippen MR) is 109 cm³/mol. The van der Waals surface area contributed by atoms with E-state index in [1.807, 2.05) is 6.07 Å². The maximum absolute atomic E-state index is 13.0. The van der Waals surface area contributed by atoms with Gasteiger partial charge in [0.1, 0.15) is 5.75 Å². The van der Waals surface area contributed by atoms with Gasteiger partial charge in [-0.2, -0.15) is 8.61 Å². The molecule has 0 N–H and O–H groups in total. The summed E-state index contributed by atoms with van der Waals surface area (Å²) in [5.74, 6) is 0.578. The summed E-state index contributed by atoms with van der Waals surface area (Å²) in [5, 5.41) is 0. The molecule has 0 aromatic heterocycles. The molecule has 1 saturated heterocycles. The van der Waals surface area contributed by atoms with E-state index in [0.29, 0.717) is 10.6 Å². The van der Waals surface area contributed by atoms with Gasteiger partial charge < -0.3 is 4.74 Å². The molecule has 1 aliphatic carbocycles. The molecule has 0 amide bonds. The van der Waals surface area contributed by atoms with Crippen LogP contribution in [0.5, 0.6) is 5.75 Å². The number of aryl methyl sites for hydroxylation is 2. The third-order valence-electron chi connectivity index (χ3n) is 5.60. The average Bonchev–Trinajstić information content (AvgIpc) is 3.22. The van der Waals surface area contributed by atoms with Crippen molar-refractivity contribution >= 4 is 20.0 Å². The molecule has 1 heterocycles. The molecular weight excluding hydrogens is 412 g/mol. The van der Waals surface area contributed by atoms with Crippen LogP contribution in [0.2, 0.25) is 0 Å². The zero-order valence-electron chi connectivity index (χ0n) is 16.2.